The highest BCUT2D eigenvalue weighted by Gasteiger charge is 2.39. The smallest absolute Gasteiger partial charge is 0.266 e. The average Bonchev–Trinajstić information content (AvgIpc) is 3.07. The summed E-state index contributed by atoms with van der Waals surface area (Å²) in [6.45, 7) is -0.597. The van der Waals surface area contributed by atoms with Crippen molar-refractivity contribution in [3.63, 3.8) is 0 Å². The van der Waals surface area contributed by atoms with Gasteiger partial charge in [-0.3, -0.25) is 14.4 Å². The summed E-state index contributed by atoms with van der Waals surface area (Å²) in [6, 6.07) is 17.4. The number of benzene rings is 3. The summed E-state index contributed by atoms with van der Waals surface area (Å²) < 4.78 is 33.4. The standard InChI is InChI=1S/C28H26Cl2N2O6S/c1-31(21-6-4-3-5-7-21)28(35)24-16-23(11-12-25(24)30)39(36,37)32-17-22(33)10-8-18(27(32)34)14-19-15-20(29)9-13-26(19)38-2/h3-7,9,11-13,15-16,18H,8,10,14,17H2,1-2H3. The highest BCUT2D eigenvalue weighted by Crippen LogP contribution is 2.32. The molecule has 3 aromatic carbocycles. The molecule has 1 unspecified atom stereocenters. The van der Waals surface area contributed by atoms with Gasteiger partial charge < -0.3 is 9.64 Å². The first-order valence-corrected chi connectivity index (χ1v) is 14.3. The maximum Gasteiger partial charge on any atom is 0.266 e. The zero-order valence-electron chi connectivity index (χ0n) is 21.3. The molecular formula is C28H26Cl2N2O6S. The van der Waals surface area contributed by atoms with E-state index in [1.165, 1.54) is 24.1 Å². The van der Waals surface area contributed by atoms with Gasteiger partial charge in [0.2, 0.25) is 5.91 Å². The number of rotatable bonds is 7. The van der Waals surface area contributed by atoms with Gasteiger partial charge in [-0.25, -0.2) is 12.7 Å². The fourth-order valence-electron chi connectivity index (χ4n) is 4.45. The lowest BCUT2D eigenvalue weighted by atomic mass is 9.93. The Hall–Kier alpha value is -3.40. The van der Waals surface area contributed by atoms with Gasteiger partial charge in [-0.2, -0.15) is 0 Å². The van der Waals surface area contributed by atoms with Crippen molar-refractivity contribution in [2.45, 2.75) is 24.2 Å². The molecule has 1 fully saturated rings. The van der Waals surface area contributed by atoms with Crippen molar-refractivity contribution in [3.8, 4) is 5.75 Å². The van der Waals surface area contributed by atoms with Crippen LogP contribution in [-0.4, -0.2) is 51.0 Å². The van der Waals surface area contributed by atoms with Crippen molar-refractivity contribution in [2.75, 3.05) is 25.6 Å². The molecule has 204 valence electrons. The van der Waals surface area contributed by atoms with E-state index >= 15 is 0 Å². The lowest BCUT2D eigenvalue weighted by molar-refractivity contribution is -0.131. The van der Waals surface area contributed by atoms with Crippen LogP contribution in [-0.2, 0) is 26.0 Å². The van der Waals surface area contributed by atoms with Crippen molar-refractivity contribution in [1.29, 1.82) is 0 Å². The Bertz CT molecular complexity index is 1530. The maximum absolute atomic E-state index is 13.7. The fourth-order valence-corrected chi connectivity index (χ4v) is 6.30. The third-order valence-corrected chi connectivity index (χ3v) is 8.90. The van der Waals surface area contributed by atoms with Crippen LogP contribution >= 0.6 is 23.2 Å². The molecule has 0 bridgehead atoms. The number of Topliss-reactive ketones (excluding diaryl/α,β-unsaturated/α-hetero) is 1. The molecule has 1 atom stereocenters. The zero-order valence-corrected chi connectivity index (χ0v) is 23.6. The van der Waals surface area contributed by atoms with Gasteiger partial charge >= 0.3 is 0 Å². The van der Waals surface area contributed by atoms with Crippen LogP contribution in [0.25, 0.3) is 0 Å². The summed E-state index contributed by atoms with van der Waals surface area (Å²) in [5.74, 6) is -1.95. The SMILES string of the molecule is COc1ccc(Cl)cc1CC1CCC(=O)CN(S(=O)(=O)c2ccc(Cl)c(C(=O)N(C)c3ccccc3)c2)C1=O. The predicted molar refractivity (Wildman–Crippen MR) is 149 cm³/mol. The summed E-state index contributed by atoms with van der Waals surface area (Å²) >= 11 is 12.4. The number of sulfonamides is 1. The predicted octanol–water partition coefficient (Wildman–Crippen LogP) is 5.02. The number of carbonyl (C=O) groups excluding carboxylic acids is 3. The molecule has 39 heavy (non-hydrogen) atoms. The first kappa shape index (κ1) is 28.6. The third-order valence-electron chi connectivity index (χ3n) is 6.60. The first-order chi connectivity index (χ1) is 18.5. The van der Waals surface area contributed by atoms with Gasteiger partial charge in [0.15, 0.2) is 5.78 Å². The topological polar surface area (TPSA) is 101 Å². The lowest BCUT2D eigenvalue weighted by Gasteiger charge is -2.24. The normalized spacial score (nSPS) is 16.1. The molecule has 0 saturated carbocycles. The number of para-hydroxylation sites is 1. The molecule has 4 rings (SSSR count). The Morgan fingerprint density at radius 1 is 1.05 bits per heavy atom. The van der Waals surface area contributed by atoms with Gasteiger partial charge in [0.25, 0.3) is 15.9 Å². The lowest BCUT2D eigenvalue weighted by Crippen LogP contribution is -2.42. The van der Waals surface area contributed by atoms with Gasteiger partial charge in [0, 0.05) is 30.1 Å². The maximum atomic E-state index is 13.7. The minimum absolute atomic E-state index is 0.0392. The first-order valence-electron chi connectivity index (χ1n) is 12.1. The number of methoxy groups -OCH3 is 1. The van der Waals surface area contributed by atoms with Crippen LogP contribution in [0.1, 0.15) is 28.8 Å². The molecule has 0 radical (unpaired) electrons. The Morgan fingerprint density at radius 3 is 2.46 bits per heavy atom. The molecule has 0 aliphatic carbocycles. The van der Waals surface area contributed by atoms with Crippen molar-refractivity contribution >= 4 is 56.5 Å². The Kier molecular flexibility index (Phi) is 8.64. The molecule has 11 heteroatoms. The number of hydrogen-bond donors (Lipinski definition) is 0. The zero-order chi connectivity index (χ0) is 28.3. The van der Waals surface area contributed by atoms with Crippen molar-refractivity contribution in [1.82, 2.24) is 4.31 Å². The molecule has 0 spiro atoms. The second-order valence-corrected chi connectivity index (χ2v) is 11.8. The molecule has 1 aliphatic rings. The number of halogens is 2. The van der Waals surface area contributed by atoms with Crippen LogP contribution in [0.15, 0.2) is 71.6 Å². The van der Waals surface area contributed by atoms with Gasteiger partial charge in [-0.1, -0.05) is 41.4 Å². The van der Waals surface area contributed by atoms with E-state index in [-0.39, 0.29) is 40.5 Å². The van der Waals surface area contributed by atoms with E-state index in [0.717, 1.165) is 6.07 Å². The average molecular weight is 589 g/mol. The van der Waals surface area contributed by atoms with Crippen LogP contribution in [0.4, 0.5) is 5.69 Å². The van der Waals surface area contributed by atoms with E-state index in [2.05, 4.69) is 0 Å². The Morgan fingerprint density at radius 2 is 1.77 bits per heavy atom. The largest absolute Gasteiger partial charge is 0.496 e. The van der Waals surface area contributed by atoms with Crippen molar-refractivity contribution in [2.24, 2.45) is 5.92 Å². The summed E-state index contributed by atoms with van der Waals surface area (Å²) in [7, 11) is -1.48. The van der Waals surface area contributed by atoms with Crippen LogP contribution in [0.5, 0.6) is 5.75 Å². The van der Waals surface area contributed by atoms with E-state index in [1.54, 1.807) is 55.6 Å². The van der Waals surface area contributed by atoms with Crippen LogP contribution < -0.4 is 9.64 Å². The minimum Gasteiger partial charge on any atom is -0.496 e. The van der Waals surface area contributed by atoms with Crippen molar-refractivity contribution in [3.05, 3.63) is 87.9 Å². The van der Waals surface area contributed by atoms with Gasteiger partial charge in [-0.05, 0) is 66.9 Å². The van der Waals surface area contributed by atoms with E-state index in [0.29, 0.717) is 26.3 Å². The number of ether oxygens (including phenoxy) is 1. The van der Waals surface area contributed by atoms with E-state index in [4.69, 9.17) is 27.9 Å². The summed E-state index contributed by atoms with van der Waals surface area (Å²) in [5, 5.41) is 0.484. The van der Waals surface area contributed by atoms with Crippen LogP contribution in [0, 0.1) is 5.92 Å². The number of anilines is 1. The second kappa shape index (κ2) is 11.8. The van der Waals surface area contributed by atoms with Gasteiger partial charge in [0.05, 0.1) is 29.1 Å². The highest BCUT2D eigenvalue weighted by atomic mass is 35.5. The van der Waals surface area contributed by atoms with Gasteiger partial charge in [0.1, 0.15) is 5.75 Å². The summed E-state index contributed by atoms with van der Waals surface area (Å²) in [5.41, 5.74) is 1.15. The fraction of sp³-hybridized carbons (Fsp3) is 0.250. The van der Waals surface area contributed by atoms with Gasteiger partial charge in [-0.15, -0.1) is 0 Å². The Balaban J connectivity index is 1.68. The molecule has 1 heterocycles. The molecule has 2 amide bonds. The molecule has 8 nitrogen and oxygen atoms in total. The summed E-state index contributed by atoms with van der Waals surface area (Å²) in [6.07, 6.45) is 0.344. The van der Waals surface area contributed by atoms with Crippen LogP contribution in [0.3, 0.4) is 0 Å². The molecule has 0 aromatic heterocycles. The molecule has 1 saturated heterocycles. The van der Waals surface area contributed by atoms with E-state index < -0.39 is 34.3 Å². The number of amides is 2. The molecule has 1 aliphatic heterocycles. The monoisotopic (exact) mass is 588 g/mol. The molecule has 0 N–H and O–H groups in total. The molecular weight excluding hydrogens is 563 g/mol. The summed E-state index contributed by atoms with van der Waals surface area (Å²) in [4.78, 5) is 40.4. The van der Waals surface area contributed by atoms with E-state index in [9.17, 15) is 22.8 Å². The second-order valence-electron chi connectivity index (χ2n) is 9.13. The number of ketones is 1. The minimum atomic E-state index is -4.50. The van der Waals surface area contributed by atoms with Crippen molar-refractivity contribution < 1.29 is 27.5 Å². The Labute approximate surface area is 237 Å². The number of hydrogen-bond acceptors (Lipinski definition) is 6. The third kappa shape index (κ3) is 6.11. The molecule has 3 aromatic rings. The number of nitrogens with zero attached hydrogens (tertiary/aromatic N) is 2. The van der Waals surface area contributed by atoms with Crippen LogP contribution in [0.2, 0.25) is 10.0 Å². The number of carbonyl (C=O) groups is 3. The van der Waals surface area contributed by atoms with E-state index in [1.807, 2.05) is 0 Å². The highest BCUT2D eigenvalue weighted by molar-refractivity contribution is 7.89. The quantitative estimate of drug-likeness (QED) is 0.384.